The largest absolute Gasteiger partial charge is 0.456 e. The Bertz CT molecular complexity index is 937. The highest BCUT2D eigenvalue weighted by Gasteiger charge is 2.50. The monoisotopic (exact) mass is 440 g/mol. The second-order valence-electron chi connectivity index (χ2n) is 7.90. The number of imide groups is 1. The number of amides is 2. The van der Waals surface area contributed by atoms with E-state index in [0.717, 1.165) is 9.47 Å². The van der Waals surface area contributed by atoms with Gasteiger partial charge >= 0.3 is 12.1 Å². The second-order valence-corrected chi connectivity index (χ2v) is 7.90. The molecule has 0 bridgehead atoms. The molecule has 168 valence electrons. The zero-order valence-corrected chi connectivity index (χ0v) is 17.4. The summed E-state index contributed by atoms with van der Waals surface area (Å²) in [5, 5.41) is 0. The predicted molar refractivity (Wildman–Crippen MR) is 102 cm³/mol. The number of nitrogens with zero attached hydrogens (tertiary/aromatic N) is 2. The molecule has 0 radical (unpaired) electrons. The molecule has 2 unspecified atom stereocenters. The number of halogens is 3. The zero-order valence-electron chi connectivity index (χ0n) is 17.4. The van der Waals surface area contributed by atoms with Gasteiger partial charge in [0.05, 0.1) is 11.8 Å². The van der Waals surface area contributed by atoms with Gasteiger partial charge in [-0.3, -0.25) is 19.3 Å². The van der Waals surface area contributed by atoms with Gasteiger partial charge < -0.3 is 9.30 Å². The van der Waals surface area contributed by atoms with Crippen molar-refractivity contribution in [2.45, 2.75) is 52.4 Å². The van der Waals surface area contributed by atoms with E-state index in [1.165, 1.54) is 26.8 Å². The molecule has 1 aliphatic heterocycles. The fraction of sp³-hybridized carbons (Fsp3) is 0.524. The van der Waals surface area contributed by atoms with Crippen molar-refractivity contribution in [3.8, 4) is 0 Å². The SMILES string of the molecule is Cc1cc(C(=O)COC(=O)[C@H](C)N2C(=O)C3CC=CCC3C2=O)c(C)n1CC(F)(F)F. The average molecular weight is 440 g/mol. The Hall–Kier alpha value is -2.91. The van der Waals surface area contributed by atoms with E-state index < -0.39 is 60.8 Å². The van der Waals surface area contributed by atoms with Crippen LogP contribution in [0.4, 0.5) is 13.2 Å². The van der Waals surface area contributed by atoms with Crippen molar-refractivity contribution >= 4 is 23.6 Å². The first-order valence-electron chi connectivity index (χ1n) is 9.87. The number of carbonyl (C=O) groups excluding carboxylic acids is 4. The quantitative estimate of drug-likeness (QED) is 0.294. The molecule has 2 aliphatic rings. The molecular formula is C21H23F3N2O5. The van der Waals surface area contributed by atoms with Crippen molar-refractivity contribution in [2.75, 3.05) is 6.61 Å². The summed E-state index contributed by atoms with van der Waals surface area (Å²) in [7, 11) is 0. The second kappa shape index (κ2) is 8.32. The van der Waals surface area contributed by atoms with Crippen LogP contribution in [0.2, 0.25) is 0 Å². The first-order valence-corrected chi connectivity index (χ1v) is 9.87. The molecule has 0 aromatic carbocycles. The number of esters is 1. The molecule has 0 spiro atoms. The molecule has 31 heavy (non-hydrogen) atoms. The molecule has 3 rings (SSSR count). The van der Waals surface area contributed by atoms with Gasteiger partial charge in [-0.1, -0.05) is 12.2 Å². The van der Waals surface area contributed by atoms with Gasteiger partial charge in [0.1, 0.15) is 12.6 Å². The minimum Gasteiger partial charge on any atom is -0.456 e. The van der Waals surface area contributed by atoms with Crippen molar-refractivity contribution in [1.29, 1.82) is 0 Å². The number of aromatic nitrogens is 1. The number of ketones is 1. The van der Waals surface area contributed by atoms with Crippen LogP contribution >= 0.6 is 0 Å². The van der Waals surface area contributed by atoms with Gasteiger partial charge in [0.25, 0.3) is 0 Å². The lowest BCUT2D eigenvalue weighted by atomic mass is 9.85. The molecule has 3 atom stereocenters. The van der Waals surface area contributed by atoms with Gasteiger partial charge in [-0.25, -0.2) is 4.79 Å². The molecular weight excluding hydrogens is 417 g/mol. The maximum absolute atomic E-state index is 12.7. The number of ether oxygens (including phenoxy) is 1. The van der Waals surface area contributed by atoms with E-state index in [2.05, 4.69) is 0 Å². The molecule has 2 amide bonds. The van der Waals surface area contributed by atoms with Crippen LogP contribution in [0.25, 0.3) is 0 Å². The Labute approximate surface area is 176 Å². The van der Waals surface area contributed by atoms with Crippen LogP contribution < -0.4 is 0 Å². The van der Waals surface area contributed by atoms with Gasteiger partial charge in [-0.2, -0.15) is 13.2 Å². The number of alkyl halides is 3. The number of Topliss-reactive ketones (excluding diaryl/α,β-unsaturated/α-hetero) is 1. The van der Waals surface area contributed by atoms with Crippen LogP contribution in [0.1, 0.15) is 41.5 Å². The van der Waals surface area contributed by atoms with Crippen molar-refractivity contribution in [3.63, 3.8) is 0 Å². The van der Waals surface area contributed by atoms with E-state index in [0.29, 0.717) is 12.8 Å². The Morgan fingerprint density at radius 2 is 1.68 bits per heavy atom. The molecule has 2 heterocycles. The van der Waals surface area contributed by atoms with E-state index in [1.54, 1.807) is 0 Å². The van der Waals surface area contributed by atoms with Crippen LogP contribution in [0.15, 0.2) is 18.2 Å². The maximum atomic E-state index is 12.7. The first kappa shape index (κ1) is 22.8. The van der Waals surface area contributed by atoms with E-state index in [9.17, 15) is 32.3 Å². The third kappa shape index (κ3) is 4.42. The molecule has 0 saturated carbocycles. The Kier molecular flexibility index (Phi) is 6.11. The van der Waals surface area contributed by atoms with E-state index in [-0.39, 0.29) is 17.0 Å². The lowest BCUT2D eigenvalue weighted by Gasteiger charge is -2.21. The summed E-state index contributed by atoms with van der Waals surface area (Å²) in [5.41, 5.74) is 0.389. The highest BCUT2D eigenvalue weighted by atomic mass is 19.4. The fourth-order valence-electron chi connectivity index (χ4n) is 4.15. The predicted octanol–water partition coefficient (Wildman–Crippen LogP) is 2.73. The highest BCUT2D eigenvalue weighted by Crippen LogP contribution is 2.36. The van der Waals surface area contributed by atoms with Crippen LogP contribution in [0.3, 0.4) is 0 Å². The lowest BCUT2D eigenvalue weighted by molar-refractivity contribution is -0.157. The van der Waals surface area contributed by atoms with E-state index in [1.807, 2.05) is 12.2 Å². The smallest absolute Gasteiger partial charge is 0.406 e. The van der Waals surface area contributed by atoms with Gasteiger partial charge in [0, 0.05) is 17.0 Å². The molecule has 0 N–H and O–H groups in total. The molecule has 1 fully saturated rings. The number of aryl methyl sites for hydroxylation is 1. The van der Waals surface area contributed by atoms with E-state index in [4.69, 9.17) is 4.74 Å². The molecule has 7 nitrogen and oxygen atoms in total. The van der Waals surface area contributed by atoms with Crippen molar-refractivity contribution in [2.24, 2.45) is 11.8 Å². The summed E-state index contributed by atoms with van der Waals surface area (Å²) < 4.78 is 44.2. The Morgan fingerprint density at radius 3 is 2.19 bits per heavy atom. The van der Waals surface area contributed by atoms with Crippen LogP contribution in [0.5, 0.6) is 0 Å². The minimum atomic E-state index is -4.45. The summed E-state index contributed by atoms with van der Waals surface area (Å²) in [6.45, 7) is 2.24. The molecule has 1 aliphatic carbocycles. The number of allylic oxidation sites excluding steroid dienone is 2. The van der Waals surface area contributed by atoms with Gasteiger partial charge in [-0.05, 0) is 39.7 Å². The highest BCUT2D eigenvalue weighted by molar-refractivity contribution is 6.08. The third-order valence-electron chi connectivity index (χ3n) is 5.83. The molecule has 1 aromatic heterocycles. The van der Waals surface area contributed by atoms with Gasteiger partial charge in [0.15, 0.2) is 6.61 Å². The summed E-state index contributed by atoms with van der Waals surface area (Å²) in [6, 6.07) is 0.113. The normalized spacial score (nSPS) is 21.9. The number of fused-ring (bicyclic) bond motifs is 1. The van der Waals surface area contributed by atoms with Crippen LogP contribution in [-0.4, -0.2) is 51.9 Å². The van der Waals surface area contributed by atoms with Crippen molar-refractivity contribution < 1.29 is 37.1 Å². The Morgan fingerprint density at radius 1 is 1.13 bits per heavy atom. The number of hydrogen-bond donors (Lipinski definition) is 0. The summed E-state index contributed by atoms with van der Waals surface area (Å²) >= 11 is 0. The molecule has 1 aromatic rings. The summed E-state index contributed by atoms with van der Waals surface area (Å²) in [4.78, 5) is 50.9. The first-order chi connectivity index (χ1) is 14.4. The van der Waals surface area contributed by atoms with Crippen LogP contribution in [0, 0.1) is 25.7 Å². The number of carbonyl (C=O) groups is 4. The van der Waals surface area contributed by atoms with Crippen molar-refractivity contribution in [1.82, 2.24) is 9.47 Å². The summed E-state index contributed by atoms with van der Waals surface area (Å²) in [5.74, 6) is -3.46. The standard InChI is InChI=1S/C21H23F3N2O5/c1-11-8-16(12(2)25(11)10-21(22,23)24)17(27)9-31-20(30)13(3)26-18(28)14-6-4-5-7-15(14)19(26)29/h4-5,8,13-15H,6-7,9-10H2,1-3H3/t13-,14?,15?/m0/s1. The summed E-state index contributed by atoms with van der Waals surface area (Å²) in [6.07, 6.45) is 0.0663. The van der Waals surface area contributed by atoms with Gasteiger partial charge in [0.2, 0.25) is 17.6 Å². The Balaban J connectivity index is 1.64. The molecule has 1 saturated heterocycles. The average Bonchev–Trinajstić information content (AvgIpc) is 3.12. The fourth-order valence-corrected chi connectivity index (χ4v) is 4.15. The minimum absolute atomic E-state index is 0.0209. The van der Waals surface area contributed by atoms with Crippen LogP contribution in [-0.2, 0) is 25.7 Å². The third-order valence-corrected chi connectivity index (χ3v) is 5.83. The number of likely N-dealkylation sites (tertiary alicyclic amines) is 1. The maximum Gasteiger partial charge on any atom is 0.406 e. The van der Waals surface area contributed by atoms with Gasteiger partial charge in [-0.15, -0.1) is 0 Å². The van der Waals surface area contributed by atoms with E-state index >= 15 is 0 Å². The lowest BCUT2D eigenvalue weighted by Crippen LogP contribution is -2.44. The zero-order chi connectivity index (χ0) is 23.1. The number of rotatable bonds is 6. The topological polar surface area (TPSA) is 85.7 Å². The molecule has 10 heteroatoms. The van der Waals surface area contributed by atoms with Crippen molar-refractivity contribution in [3.05, 3.63) is 35.2 Å². The number of hydrogen-bond acceptors (Lipinski definition) is 5.